The number of allylic oxidation sites excluding steroid dienone is 6. The molecule has 0 unspecified atom stereocenters. The van der Waals surface area contributed by atoms with Gasteiger partial charge in [0.2, 0.25) is 0 Å². The van der Waals surface area contributed by atoms with Crippen LogP contribution in [0.1, 0.15) is 34.1 Å². The van der Waals surface area contributed by atoms with Crippen molar-refractivity contribution in [2.45, 2.75) is 34.1 Å². The molecule has 0 atom stereocenters. The fraction of sp³-hybridized carbons (Fsp3) is 0.417. The van der Waals surface area contributed by atoms with E-state index in [-0.39, 0.29) is 5.78 Å². The highest BCUT2D eigenvalue weighted by molar-refractivity contribution is 5.97. The zero-order valence-electron chi connectivity index (χ0n) is 8.92. The van der Waals surface area contributed by atoms with Crippen LogP contribution in [-0.4, -0.2) is 5.78 Å². The maximum Gasteiger partial charge on any atom is 0.160 e. The first kappa shape index (κ1) is 11.9. The van der Waals surface area contributed by atoms with E-state index in [9.17, 15) is 4.79 Å². The smallest absolute Gasteiger partial charge is 0.160 e. The SMILES string of the molecule is C\C=C/C=C(C(C)=O)\C(=C/C)CC. The van der Waals surface area contributed by atoms with Gasteiger partial charge < -0.3 is 0 Å². The van der Waals surface area contributed by atoms with Gasteiger partial charge in [-0.05, 0) is 32.8 Å². The lowest BCUT2D eigenvalue weighted by molar-refractivity contribution is -0.113. The molecule has 0 aromatic carbocycles. The van der Waals surface area contributed by atoms with Crippen molar-refractivity contribution < 1.29 is 4.79 Å². The third-order valence-electron chi connectivity index (χ3n) is 1.91. The topological polar surface area (TPSA) is 17.1 Å². The summed E-state index contributed by atoms with van der Waals surface area (Å²) in [6.07, 6.45) is 8.60. The Hall–Kier alpha value is -1.11. The zero-order valence-corrected chi connectivity index (χ0v) is 8.92. The normalized spacial score (nSPS) is 13.8. The molecule has 0 aromatic rings. The van der Waals surface area contributed by atoms with Crippen LogP contribution in [-0.2, 0) is 4.79 Å². The first-order valence-corrected chi connectivity index (χ1v) is 4.66. The first-order chi connectivity index (χ1) is 6.17. The summed E-state index contributed by atoms with van der Waals surface area (Å²) in [5, 5.41) is 0. The number of rotatable bonds is 4. The van der Waals surface area contributed by atoms with Crippen molar-refractivity contribution in [2.75, 3.05) is 0 Å². The molecule has 0 bridgehead atoms. The molecule has 0 saturated carbocycles. The molecule has 0 N–H and O–H groups in total. The van der Waals surface area contributed by atoms with Gasteiger partial charge in [0.1, 0.15) is 0 Å². The Morgan fingerprint density at radius 2 is 1.92 bits per heavy atom. The molecule has 0 aliphatic rings. The van der Waals surface area contributed by atoms with E-state index < -0.39 is 0 Å². The van der Waals surface area contributed by atoms with Crippen molar-refractivity contribution in [1.82, 2.24) is 0 Å². The van der Waals surface area contributed by atoms with Crippen molar-refractivity contribution >= 4 is 5.78 Å². The van der Waals surface area contributed by atoms with E-state index in [1.165, 1.54) is 0 Å². The van der Waals surface area contributed by atoms with Crippen LogP contribution in [0.2, 0.25) is 0 Å². The van der Waals surface area contributed by atoms with E-state index in [2.05, 4.69) is 6.92 Å². The number of hydrogen-bond acceptors (Lipinski definition) is 1. The Kier molecular flexibility index (Phi) is 5.86. The maximum atomic E-state index is 11.3. The molecule has 0 fully saturated rings. The van der Waals surface area contributed by atoms with Crippen LogP contribution in [0.5, 0.6) is 0 Å². The van der Waals surface area contributed by atoms with Gasteiger partial charge in [-0.25, -0.2) is 0 Å². The molecule has 72 valence electrons. The summed E-state index contributed by atoms with van der Waals surface area (Å²) in [6, 6.07) is 0. The Morgan fingerprint density at radius 3 is 2.23 bits per heavy atom. The third-order valence-corrected chi connectivity index (χ3v) is 1.91. The summed E-state index contributed by atoms with van der Waals surface area (Å²) in [6.45, 7) is 7.57. The molecular weight excluding hydrogens is 160 g/mol. The van der Waals surface area contributed by atoms with Crippen LogP contribution in [0.15, 0.2) is 35.5 Å². The number of ketones is 1. The van der Waals surface area contributed by atoms with Gasteiger partial charge in [-0.3, -0.25) is 4.79 Å². The Balaban J connectivity index is 4.91. The monoisotopic (exact) mass is 178 g/mol. The molecule has 1 heteroatoms. The average Bonchev–Trinajstić information content (AvgIpc) is 2.11. The fourth-order valence-corrected chi connectivity index (χ4v) is 1.19. The standard InChI is InChI=1S/C12H18O/c1-5-8-9-12(10(4)13)11(6-2)7-3/h5-6,8-9H,7H2,1-4H3/b8-5-,11-6-,12-9-. The van der Waals surface area contributed by atoms with E-state index >= 15 is 0 Å². The molecular formula is C12H18O. The predicted octanol–water partition coefficient (Wildman–Crippen LogP) is 3.43. The van der Waals surface area contributed by atoms with Gasteiger partial charge in [-0.2, -0.15) is 0 Å². The minimum atomic E-state index is 0.132. The van der Waals surface area contributed by atoms with Crippen molar-refractivity contribution in [3.05, 3.63) is 35.5 Å². The van der Waals surface area contributed by atoms with Crippen LogP contribution in [0.3, 0.4) is 0 Å². The second-order valence-corrected chi connectivity index (χ2v) is 2.83. The molecule has 13 heavy (non-hydrogen) atoms. The highest BCUT2D eigenvalue weighted by Crippen LogP contribution is 2.14. The highest BCUT2D eigenvalue weighted by atomic mass is 16.1. The largest absolute Gasteiger partial charge is 0.295 e. The van der Waals surface area contributed by atoms with E-state index in [1.54, 1.807) is 6.92 Å². The number of hydrogen-bond donors (Lipinski definition) is 0. The summed E-state index contributed by atoms with van der Waals surface area (Å²) in [7, 11) is 0. The van der Waals surface area contributed by atoms with Gasteiger partial charge in [0.25, 0.3) is 0 Å². The fourth-order valence-electron chi connectivity index (χ4n) is 1.19. The molecule has 0 heterocycles. The molecule has 0 radical (unpaired) electrons. The Labute approximate surface area is 80.8 Å². The lowest BCUT2D eigenvalue weighted by atomic mass is 10.00. The zero-order chi connectivity index (χ0) is 10.3. The summed E-state index contributed by atoms with van der Waals surface area (Å²) < 4.78 is 0. The van der Waals surface area contributed by atoms with Crippen molar-refractivity contribution in [3.8, 4) is 0 Å². The van der Waals surface area contributed by atoms with E-state index in [0.29, 0.717) is 0 Å². The van der Waals surface area contributed by atoms with E-state index in [1.807, 2.05) is 38.2 Å². The molecule has 0 aromatic heterocycles. The number of carbonyl (C=O) groups is 1. The van der Waals surface area contributed by atoms with Gasteiger partial charge >= 0.3 is 0 Å². The van der Waals surface area contributed by atoms with Gasteiger partial charge in [0.15, 0.2) is 5.78 Å². The molecule has 0 amide bonds. The van der Waals surface area contributed by atoms with Crippen LogP contribution >= 0.6 is 0 Å². The molecule has 0 spiro atoms. The number of carbonyl (C=O) groups excluding carboxylic acids is 1. The lowest BCUT2D eigenvalue weighted by Gasteiger charge is -2.04. The quantitative estimate of drug-likeness (QED) is 0.476. The third kappa shape index (κ3) is 3.88. The van der Waals surface area contributed by atoms with Gasteiger partial charge in [0, 0.05) is 5.57 Å². The average molecular weight is 178 g/mol. The Bertz CT molecular complexity index is 254. The minimum absolute atomic E-state index is 0.132. The van der Waals surface area contributed by atoms with E-state index in [4.69, 9.17) is 0 Å². The predicted molar refractivity (Wildman–Crippen MR) is 57.6 cm³/mol. The highest BCUT2D eigenvalue weighted by Gasteiger charge is 2.05. The molecule has 0 aliphatic carbocycles. The van der Waals surface area contributed by atoms with Crippen molar-refractivity contribution in [3.63, 3.8) is 0 Å². The maximum absolute atomic E-state index is 11.3. The summed E-state index contributed by atoms with van der Waals surface area (Å²) >= 11 is 0. The lowest BCUT2D eigenvalue weighted by Crippen LogP contribution is -1.99. The van der Waals surface area contributed by atoms with Crippen molar-refractivity contribution in [2.24, 2.45) is 0 Å². The van der Waals surface area contributed by atoms with Gasteiger partial charge in [-0.1, -0.05) is 31.2 Å². The second kappa shape index (κ2) is 6.41. The molecule has 0 aliphatic heterocycles. The van der Waals surface area contributed by atoms with Crippen LogP contribution in [0, 0.1) is 0 Å². The molecule has 1 nitrogen and oxygen atoms in total. The van der Waals surface area contributed by atoms with Gasteiger partial charge in [-0.15, -0.1) is 0 Å². The number of Topliss-reactive ketones (excluding diaryl/α,β-unsaturated/α-hetero) is 1. The first-order valence-electron chi connectivity index (χ1n) is 4.66. The summed E-state index contributed by atoms with van der Waals surface area (Å²) in [4.78, 5) is 11.3. The van der Waals surface area contributed by atoms with Crippen LogP contribution < -0.4 is 0 Å². The Morgan fingerprint density at radius 1 is 1.31 bits per heavy atom. The minimum Gasteiger partial charge on any atom is -0.295 e. The van der Waals surface area contributed by atoms with Crippen LogP contribution in [0.25, 0.3) is 0 Å². The van der Waals surface area contributed by atoms with Gasteiger partial charge in [0.05, 0.1) is 0 Å². The summed E-state index contributed by atoms with van der Waals surface area (Å²) in [5.74, 6) is 0.132. The molecule has 0 rings (SSSR count). The van der Waals surface area contributed by atoms with Crippen molar-refractivity contribution in [1.29, 1.82) is 0 Å². The summed E-state index contributed by atoms with van der Waals surface area (Å²) in [5.41, 5.74) is 1.94. The van der Waals surface area contributed by atoms with Crippen LogP contribution in [0.4, 0.5) is 0 Å². The second-order valence-electron chi connectivity index (χ2n) is 2.83. The van der Waals surface area contributed by atoms with E-state index in [0.717, 1.165) is 17.6 Å². The molecule has 0 saturated heterocycles.